The summed E-state index contributed by atoms with van der Waals surface area (Å²) in [7, 11) is 0. The molecule has 0 unspecified atom stereocenters. The number of halogens is 1. The molecule has 3 rings (SSSR count). The monoisotopic (exact) mass is 396 g/mol. The molecule has 7 nitrogen and oxygen atoms in total. The third kappa shape index (κ3) is 5.19. The number of benzene rings is 2. The highest BCUT2D eigenvalue weighted by molar-refractivity contribution is 6.05. The van der Waals surface area contributed by atoms with Crippen LogP contribution in [0.5, 0.6) is 5.75 Å². The first-order valence-corrected chi connectivity index (χ1v) is 9.13. The third-order valence-electron chi connectivity index (χ3n) is 3.89. The van der Waals surface area contributed by atoms with Crippen LogP contribution in [0.1, 0.15) is 30.8 Å². The minimum atomic E-state index is -0.461. The zero-order valence-corrected chi connectivity index (χ0v) is 16.1. The molecule has 0 atom stereocenters. The fourth-order valence-corrected chi connectivity index (χ4v) is 2.63. The molecule has 0 bridgehead atoms. The molecule has 0 aliphatic carbocycles. The van der Waals surface area contributed by atoms with E-state index in [1.807, 2.05) is 6.92 Å². The third-order valence-corrected chi connectivity index (χ3v) is 3.89. The number of carbonyl (C=O) groups excluding carboxylic acids is 2. The number of amides is 2. The summed E-state index contributed by atoms with van der Waals surface area (Å²) in [6.07, 6.45) is 2.35. The Morgan fingerprint density at radius 3 is 2.45 bits per heavy atom. The van der Waals surface area contributed by atoms with Gasteiger partial charge in [0, 0.05) is 18.3 Å². The van der Waals surface area contributed by atoms with Crippen molar-refractivity contribution in [2.45, 2.75) is 20.3 Å². The number of rotatable bonds is 7. The molecule has 1 aromatic heterocycles. The van der Waals surface area contributed by atoms with Gasteiger partial charge in [-0.15, -0.1) is 0 Å². The number of carbonyl (C=O) groups is 2. The summed E-state index contributed by atoms with van der Waals surface area (Å²) in [5.41, 5.74) is 1.76. The van der Waals surface area contributed by atoms with Crippen LogP contribution < -0.4 is 15.4 Å². The number of anilines is 2. The van der Waals surface area contributed by atoms with Crippen LogP contribution in [0.3, 0.4) is 0 Å². The molecular weight excluding hydrogens is 375 g/mol. The molecule has 2 aromatic carbocycles. The average Bonchev–Trinajstić information content (AvgIpc) is 3.11. The number of hydrogen-bond donors (Lipinski definition) is 2. The fraction of sp³-hybridized carbons (Fsp3) is 0.190. The first-order valence-electron chi connectivity index (χ1n) is 9.13. The van der Waals surface area contributed by atoms with Crippen molar-refractivity contribution in [3.8, 4) is 11.4 Å². The van der Waals surface area contributed by atoms with Gasteiger partial charge in [-0.1, -0.05) is 13.0 Å². The van der Waals surface area contributed by atoms with E-state index in [9.17, 15) is 14.0 Å². The van der Waals surface area contributed by atoms with Crippen molar-refractivity contribution < 1.29 is 18.7 Å². The van der Waals surface area contributed by atoms with Crippen LogP contribution in [0.25, 0.3) is 5.69 Å². The first-order chi connectivity index (χ1) is 14.0. The number of ether oxygens (including phenoxy) is 1. The largest absolute Gasteiger partial charge is 0.489 e. The molecule has 29 heavy (non-hydrogen) atoms. The van der Waals surface area contributed by atoms with Gasteiger partial charge in [-0.25, -0.2) is 9.07 Å². The van der Waals surface area contributed by atoms with Crippen molar-refractivity contribution in [1.82, 2.24) is 9.78 Å². The molecular formula is C21H21FN4O3. The molecule has 0 radical (unpaired) electrons. The molecule has 2 amide bonds. The van der Waals surface area contributed by atoms with Crippen LogP contribution in [0.2, 0.25) is 0 Å². The van der Waals surface area contributed by atoms with Crippen LogP contribution >= 0.6 is 0 Å². The van der Waals surface area contributed by atoms with E-state index >= 15 is 0 Å². The summed E-state index contributed by atoms with van der Waals surface area (Å²) < 4.78 is 20.3. The SMILES string of the molecule is CCCOc1cn(-c2ccc(F)cc2)nc1C(=O)Nc1cccc(NC(C)=O)c1. The lowest BCUT2D eigenvalue weighted by molar-refractivity contribution is -0.114. The van der Waals surface area contributed by atoms with E-state index in [0.29, 0.717) is 29.4 Å². The predicted octanol–water partition coefficient (Wildman–Crippen LogP) is 4.01. The van der Waals surface area contributed by atoms with Crippen LogP contribution in [0, 0.1) is 5.82 Å². The Labute approximate surface area is 167 Å². The Balaban J connectivity index is 1.86. The van der Waals surface area contributed by atoms with E-state index in [1.54, 1.807) is 42.6 Å². The zero-order valence-electron chi connectivity index (χ0n) is 16.1. The highest BCUT2D eigenvalue weighted by atomic mass is 19.1. The summed E-state index contributed by atoms with van der Waals surface area (Å²) >= 11 is 0. The Morgan fingerprint density at radius 2 is 1.79 bits per heavy atom. The van der Waals surface area contributed by atoms with Crippen molar-refractivity contribution >= 4 is 23.2 Å². The lowest BCUT2D eigenvalue weighted by Gasteiger charge is -2.08. The fourth-order valence-electron chi connectivity index (χ4n) is 2.63. The Hall–Kier alpha value is -3.68. The maximum Gasteiger partial charge on any atom is 0.280 e. The second-order valence-electron chi connectivity index (χ2n) is 6.33. The predicted molar refractivity (Wildman–Crippen MR) is 108 cm³/mol. The molecule has 2 N–H and O–H groups in total. The molecule has 150 valence electrons. The average molecular weight is 396 g/mol. The highest BCUT2D eigenvalue weighted by Crippen LogP contribution is 2.23. The number of nitrogens with one attached hydrogen (secondary N) is 2. The molecule has 0 spiro atoms. The molecule has 0 aliphatic rings. The molecule has 1 heterocycles. The van der Waals surface area contributed by atoms with Crippen molar-refractivity contribution in [1.29, 1.82) is 0 Å². The second-order valence-corrected chi connectivity index (χ2v) is 6.33. The van der Waals surface area contributed by atoms with Gasteiger partial charge >= 0.3 is 0 Å². The van der Waals surface area contributed by atoms with E-state index in [0.717, 1.165) is 6.42 Å². The van der Waals surface area contributed by atoms with Gasteiger partial charge in [-0.3, -0.25) is 9.59 Å². The summed E-state index contributed by atoms with van der Waals surface area (Å²) in [4.78, 5) is 24.0. The van der Waals surface area contributed by atoms with Crippen LogP contribution in [0.4, 0.5) is 15.8 Å². The maximum atomic E-state index is 13.2. The van der Waals surface area contributed by atoms with Crippen molar-refractivity contribution in [2.24, 2.45) is 0 Å². The van der Waals surface area contributed by atoms with E-state index in [2.05, 4.69) is 15.7 Å². The van der Waals surface area contributed by atoms with Gasteiger partial charge in [0.25, 0.3) is 5.91 Å². The summed E-state index contributed by atoms with van der Waals surface area (Å²) in [5.74, 6) is -0.703. The molecule has 8 heteroatoms. The normalized spacial score (nSPS) is 10.4. The number of nitrogens with zero attached hydrogens (tertiary/aromatic N) is 2. The van der Waals surface area contributed by atoms with Crippen LogP contribution in [-0.2, 0) is 4.79 Å². The van der Waals surface area contributed by atoms with Gasteiger partial charge in [-0.05, 0) is 48.9 Å². The Bertz CT molecular complexity index is 1020. The molecule has 0 saturated heterocycles. The van der Waals surface area contributed by atoms with E-state index in [1.165, 1.54) is 23.7 Å². The Morgan fingerprint density at radius 1 is 1.10 bits per heavy atom. The molecule has 0 aliphatic heterocycles. The summed E-state index contributed by atoms with van der Waals surface area (Å²) in [5, 5.41) is 9.74. The van der Waals surface area contributed by atoms with Crippen molar-refractivity contribution in [3.63, 3.8) is 0 Å². The summed E-state index contributed by atoms with van der Waals surface area (Å²) in [6.45, 7) is 3.79. The maximum absolute atomic E-state index is 13.2. The van der Waals surface area contributed by atoms with Gasteiger partial charge in [0.1, 0.15) is 5.82 Å². The van der Waals surface area contributed by atoms with Gasteiger partial charge in [0.05, 0.1) is 18.5 Å². The topological polar surface area (TPSA) is 85.2 Å². The Kier molecular flexibility index (Phi) is 6.23. The van der Waals surface area contributed by atoms with E-state index in [4.69, 9.17) is 4.74 Å². The van der Waals surface area contributed by atoms with Crippen LogP contribution in [0.15, 0.2) is 54.7 Å². The van der Waals surface area contributed by atoms with Gasteiger partial charge in [-0.2, -0.15) is 5.10 Å². The van der Waals surface area contributed by atoms with Gasteiger partial charge in [0.15, 0.2) is 11.4 Å². The van der Waals surface area contributed by atoms with Crippen molar-refractivity contribution in [2.75, 3.05) is 17.2 Å². The minimum absolute atomic E-state index is 0.104. The zero-order chi connectivity index (χ0) is 20.8. The lowest BCUT2D eigenvalue weighted by Crippen LogP contribution is -2.15. The number of hydrogen-bond acceptors (Lipinski definition) is 4. The first kappa shape index (κ1) is 20.1. The van der Waals surface area contributed by atoms with Gasteiger partial charge < -0.3 is 15.4 Å². The quantitative estimate of drug-likeness (QED) is 0.632. The standard InChI is InChI=1S/C21H21FN4O3/c1-3-11-29-19-13-26(18-9-7-15(22)8-10-18)25-20(19)21(28)24-17-6-4-5-16(12-17)23-14(2)27/h4-10,12-13H,3,11H2,1-2H3,(H,23,27)(H,24,28). The molecule has 3 aromatic rings. The molecule has 0 saturated carbocycles. The highest BCUT2D eigenvalue weighted by Gasteiger charge is 2.19. The van der Waals surface area contributed by atoms with E-state index in [-0.39, 0.29) is 17.4 Å². The van der Waals surface area contributed by atoms with Gasteiger partial charge in [0.2, 0.25) is 5.91 Å². The van der Waals surface area contributed by atoms with E-state index < -0.39 is 5.91 Å². The van der Waals surface area contributed by atoms with Crippen LogP contribution in [-0.4, -0.2) is 28.2 Å². The van der Waals surface area contributed by atoms with Crippen molar-refractivity contribution in [3.05, 3.63) is 66.2 Å². The second kappa shape index (κ2) is 9.01. The number of aromatic nitrogens is 2. The summed E-state index contributed by atoms with van der Waals surface area (Å²) in [6, 6.07) is 12.5. The lowest BCUT2D eigenvalue weighted by atomic mass is 10.2. The smallest absolute Gasteiger partial charge is 0.280 e. The minimum Gasteiger partial charge on any atom is -0.489 e. The molecule has 0 fully saturated rings.